The van der Waals surface area contributed by atoms with E-state index in [0.29, 0.717) is 34.6 Å². The number of carbonyl (C=O) groups excluding carboxylic acids is 1. The first-order valence-corrected chi connectivity index (χ1v) is 6.38. The topological polar surface area (TPSA) is 78.3 Å². The van der Waals surface area contributed by atoms with Crippen LogP contribution in [0.1, 0.15) is 16.8 Å². The van der Waals surface area contributed by atoms with E-state index in [1.807, 2.05) is 14.1 Å². The van der Waals surface area contributed by atoms with Crippen molar-refractivity contribution in [2.45, 2.75) is 6.42 Å². The zero-order chi connectivity index (χ0) is 14.5. The number of carbonyl (C=O) groups is 1. The van der Waals surface area contributed by atoms with Gasteiger partial charge in [0, 0.05) is 12.0 Å². The van der Waals surface area contributed by atoms with Crippen molar-refractivity contribution in [3.63, 3.8) is 0 Å². The van der Waals surface area contributed by atoms with E-state index in [-0.39, 0.29) is 18.2 Å². The summed E-state index contributed by atoms with van der Waals surface area (Å²) in [5.41, 5.74) is 12.4. The van der Waals surface area contributed by atoms with Crippen LogP contribution < -0.4 is 28.6 Å². The van der Waals surface area contributed by atoms with Crippen LogP contribution in [0.3, 0.4) is 0 Å². The van der Waals surface area contributed by atoms with Gasteiger partial charge in [-0.25, -0.2) is 0 Å². The van der Waals surface area contributed by atoms with E-state index in [1.165, 1.54) is 0 Å². The maximum atomic E-state index is 12.2. The fraction of sp³-hybridized carbons (Fsp3) is 0.500. The molecule has 0 bridgehead atoms. The molecular formula is C14H24ClN3O2. The Morgan fingerprint density at radius 1 is 1.35 bits per heavy atom. The number of ketones is 1. The van der Waals surface area contributed by atoms with Gasteiger partial charge >= 0.3 is 0 Å². The third-order valence-electron chi connectivity index (χ3n) is 3.09. The molecule has 4 N–H and O–H groups in total. The zero-order valence-electron chi connectivity index (χ0n) is 12.4. The Bertz CT molecular complexity index is 450. The van der Waals surface area contributed by atoms with Crippen LogP contribution in [0.5, 0.6) is 5.75 Å². The lowest BCUT2D eigenvalue weighted by atomic mass is 10.1. The number of nitrogen functional groups attached to an aromatic ring is 1. The predicted octanol–water partition coefficient (Wildman–Crippen LogP) is -2.11. The maximum Gasteiger partial charge on any atom is 0.216 e. The summed E-state index contributed by atoms with van der Waals surface area (Å²) >= 11 is 0. The molecule has 0 radical (unpaired) electrons. The minimum absolute atomic E-state index is 0. The first-order valence-electron chi connectivity index (χ1n) is 6.38. The summed E-state index contributed by atoms with van der Waals surface area (Å²) in [6.07, 6.45) is 0.908. The lowest BCUT2D eigenvalue weighted by Crippen LogP contribution is -3.00. The van der Waals surface area contributed by atoms with Gasteiger partial charge in [-0.05, 0) is 24.7 Å². The third-order valence-corrected chi connectivity index (χ3v) is 3.09. The van der Waals surface area contributed by atoms with E-state index in [9.17, 15) is 4.79 Å². The number of Topliss-reactive ketones (excluding diaryl/α,β-unsaturated/α-hetero) is 1. The molecule has 0 aromatic heterocycles. The quantitative estimate of drug-likeness (QED) is 0.343. The molecule has 1 aromatic carbocycles. The normalized spacial score (nSPS) is 10.8. The smallest absolute Gasteiger partial charge is 0.216 e. The van der Waals surface area contributed by atoms with Gasteiger partial charge < -0.3 is 33.1 Å². The molecule has 0 unspecified atom stereocenters. The second-order valence-electron chi connectivity index (χ2n) is 5.34. The van der Waals surface area contributed by atoms with Gasteiger partial charge in [0.15, 0.2) is 0 Å². The van der Waals surface area contributed by atoms with Crippen LogP contribution in [0, 0.1) is 0 Å². The molecule has 1 rings (SSSR count). The Morgan fingerprint density at radius 2 is 2.00 bits per heavy atom. The molecule has 0 atom stereocenters. The molecular weight excluding hydrogens is 278 g/mol. The number of nitrogens with zero attached hydrogens (tertiary/aromatic N) is 1. The number of likely N-dealkylation sites (N-methyl/N-ethyl adjacent to an activating group) is 1. The van der Waals surface area contributed by atoms with Gasteiger partial charge in [0.2, 0.25) is 5.78 Å². The van der Waals surface area contributed by atoms with E-state index in [1.54, 1.807) is 25.3 Å². The van der Waals surface area contributed by atoms with Gasteiger partial charge in [0.05, 0.1) is 33.4 Å². The van der Waals surface area contributed by atoms with Crippen molar-refractivity contribution in [3.8, 4) is 5.75 Å². The summed E-state index contributed by atoms with van der Waals surface area (Å²) < 4.78 is 5.71. The van der Waals surface area contributed by atoms with Crippen LogP contribution in [0.2, 0.25) is 0 Å². The number of halogens is 1. The van der Waals surface area contributed by atoms with Gasteiger partial charge in [-0.1, -0.05) is 0 Å². The molecule has 5 nitrogen and oxygen atoms in total. The molecule has 1 aromatic rings. The molecule has 0 fully saturated rings. The van der Waals surface area contributed by atoms with Gasteiger partial charge in [-0.3, -0.25) is 4.79 Å². The standard InChI is InChI=1S/C14H24N3O2.ClH/c1-17(2,8-4-7-15)10-13(18)11-5-6-14(19-3)12(16)9-11;/h5-6,9H,4,7-8,10,15-16H2,1-3H3;1H/q+1;/p-1. The van der Waals surface area contributed by atoms with Crippen LogP contribution in [-0.2, 0) is 0 Å². The number of benzene rings is 1. The Labute approximate surface area is 126 Å². The number of hydrogen-bond acceptors (Lipinski definition) is 4. The highest BCUT2D eigenvalue weighted by Crippen LogP contribution is 2.22. The van der Waals surface area contributed by atoms with E-state index in [2.05, 4.69) is 0 Å². The average Bonchev–Trinajstić information content (AvgIpc) is 2.35. The SMILES string of the molecule is COc1ccc(C(=O)C[N+](C)(C)CCCN)cc1N.[Cl-]. The number of methoxy groups -OCH3 is 1. The highest BCUT2D eigenvalue weighted by molar-refractivity contribution is 5.98. The van der Waals surface area contributed by atoms with Crippen LogP contribution in [0.25, 0.3) is 0 Å². The number of quaternary nitrogens is 1. The summed E-state index contributed by atoms with van der Waals surface area (Å²) in [4.78, 5) is 12.2. The Hall–Kier alpha value is -1.30. The molecule has 6 heteroatoms. The number of anilines is 1. The summed E-state index contributed by atoms with van der Waals surface area (Å²) in [6.45, 7) is 1.96. The maximum absolute atomic E-state index is 12.2. The zero-order valence-corrected chi connectivity index (χ0v) is 13.1. The first kappa shape index (κ1) is 18.7. The van der Waals surface area contributed by atoms with Crippen molar-refractivity contribution in [1.29, 1.82) is 0 Å². The molecule has 0 aliphatic heterocycles. The summed E-state index contributed by atoms with van der Waals surface area (Å²) in [5, 5.41) is 0. The minimum atomic E-state index is 0. The van der Waals surface area contributed by atoms with Crippen LogP contribution in [0.15, 0.2) is 18.2 Å². The summed E-state index contributed by atoms with van der Waals surface area (Å²) in [5.74, 6) is 0.671. The Balaban J connectivity index is 0.00000361. The predicted molar refractivity (Wildman–Crippen MR) is 77.3 cm³/mol. The summed E-state index contributed by atoms with van der Waals surface area (Å²) in [7, 11) is 5.61. The molecule has 0 amide bonds. The number of hydrogen-bond donors (Lipinski definition) is 2. The lowest BCUT2D eigenvalue weighted by Gasteiger charge is -2.28. The molecule has 20 heavy (non-hydrogen) atoms. The van der Waals surface area contributed by atoms with Crippen LogP contribution in [-0.4, -0.2) is 51.1 Å². The van der Waals surface area contributed by atoms with E-state index in [0.717, 1.165) is 13.0 Å². The third kappa shape index (κ3) is 5.36. The van der Waals surface area contributed by atoms with Crippen molar-refractivity contribution in [3.05, 3.63) is 23.8 Å². The molecule has 0 spiro atoms. The molecule has 0 aliphatic rings. The van der Waals surface area contributed by atoms with Crippen molar-refractivity contribution >= 4 is 11.5 Å². The molecule has 114 valence electrons. The highest BCUT2D eigenvalue weighted by atomic mass is 35.5. The Morgan fingerprint density at radius 3 is 2.50 bits per heavy atom. The summed E-state index contributed by atoms with van der Waals surface area (Å²) in [6, 6.07) is 5.15. The van der Waals surface area contributed by atoms with Gasteiger partial charge in [-0.15, -0.1) is 0 Å². The Kier molecular flexibility index (Phi) is 7.57. The number of rotatable bonds is 7. The molecule has 0 aliphatic carbocycles. The van der Waals surface area contributed by atoms with E-state index < -0.39 is 0 Å². The molecule has 0 saturated heterocycles. The van der Waals surface area contributed by atoms with Crippen LogP contribution >= 0.6 is 0 Å². The highest BCUT2D eigenvalue weighted by Gasteiger charge is 2.21. The van der Waals surface area contributed by atoms with Crippen molar-refractivity contribution in [2.75, 3.05) is 46.6 Å². The number of ether oxygens (including phenoxy) is 1. The van der Waals surface area contributed by atoms with Crippen molar-refractivity contribution in [2.24, 2.45) is 5.73 Å². The fourth-order valence-electron chi connectivity index (χ4n) is 1.99. The second kappa shape index (κ2) is 8.09. The fourth-order valence-corrected chi connectivity index (χ4v) is 1.99. The van der Waals surface area contributed by atoms with Gasteiger partial charge in [0.25, 0.3) is 0 Å². The van der Waals surface area contributed by atoms with Gasteiger partial charge in [-0.2, -0.15) is 0 Å². The number of nitrogens with two attached hydrogens (primary N) is 2. The van der Waals surface area contributed by atoms with Gasteiger partial charge in [0.1, 0.15) is 12.3 Å². The van der Waals surface area contributed by atoms with E-state index in [4.69, 9.17) is 16.2 Å². The molecule has 0 saturated carbocycles. The van der Waals surface area contributed by atoms with E-state index >= 15 is 0 Å². The van der Waals surface area contributed by atoms with Crippen molar-refractivity contribution < 1.29 is 26.4 Å². The average molecular weight is 302 g/mol. The monoisotopic (exact) mass is 301 g/mol. The van der Waals surface area contributed by atoms with Crippen LogP contribution in [0.4, 0.5) is 5.69 Å². The minimum Gasteiger partial charge on any atom is -1.00 e. The molecule has 0 heterocycles. The second-order valence-corrected chi connectivity index (χ2v) is 5.34. The first-order chi connectivity index (χ1) is 8.89. The van der Waals surface area contributed by atoms with Crippen molar-refractivity contribution in [1.82, 2.24) is 0 Å². The lowest BCUT2D eigenvalue weighted by molar-refractivity contribution is -0.881. The largest absolute Gasteiger partial charge is 1.00 e.